The van der Waals surface area contributed by atoms with Crippen LogP contribution in [0.15, 0.2) is 24.4 Å². The maximum Gasteiger partial charge on any atom is 0.239 e. The highest BCUT2D eigenvalue weighted by molar-refractivity contribution is 6.35. The first-order valence-corrected chi connectivity index (χ1v) is 12.9. The summed E-state index contributed by atoms with van der Waals surface area (Å²) >= 11 is 18.7. The summed E-state index contributed by atoms with van der Waals surface area (Å²) in [7, 11) is 1.92. The molecule has 4 rings (SSSR count). The van der Waals surface area contributed by atoms with Gasteiger partial charge in [-0.1, -0.05) is 47.3 Å². The van der Waals surface area contributed by atoms with E-state index in [-0.39, 0.29) is 24.1 Å². The van der Waals surface area contributed by atoms with Gasteiger partial charge >= 0.3 is 0 Å². The van der Waals surface area contributed by atoms with Crippen molar-refractivity contribution in [2.45, 2.75) is 57.2 Å². The molecule has 10 heteroatoms. The zero-order chi connectivity index (χ0) is 24.2. The molecule has 1 amide bonds. The van der Waals surface area contributed by atoms with Crippen LogP contribution in [0.25, 0.3) is 0 Å². The molecule has 0 aliphatic carbocycles. The predicted molar refractivity (Wildman–Crippen MR) is 136 cm³/mol. The van der Waals surface area contributed by atoms with E-state index < -0.39 is 0 Å². The van der Waals surface area contributed by atoms with E-state index in [4.69, 9.17) is 39.5 Å². The van der Waals surface area contributed by atoms with Crippen molar-refractivity contribution in [3.05, 3.63) is 45.0 Å². The summed E-state index contributed by atoms with van der Waals surface area (Å²) in [5, 5.41) is 4.78. The number of nitrogens with one attached hydrogen (secondary N) is 1. The average Bonchev–Trinajstić information content (AvgIpc) is 2.85. The van der Waals surface area contributed by atoms with Crippen LogP contribution in [0.2, 0.25) is 15.1 Å². The van der Waals surface area contributed by atoms with Gasteiger partial charge in [0, 0.05) is 41.8 Å². The quantitative estimate of drug-likeness (QED) is 0.562. The van der Waals surface area contributed by atoms with Crippen molar-refractivity contribution in [3.8, 4) is 5.88 Å². The third kappa shape index (κ3) is 5.88. The fourth-order valence-corrected chi connectivity index (χ4v) is 5.28. The van der Waals surface area contributed by atoms with E-state index in [0.29, 0.717) is 26.9 Å². The number of hydrogen-bond donors (Lipinski definition) is 1. The van der Waals surface area contributed by atoms with Crippen molar-refractivity contribution in [3.63, 3.8) is 0 Å². The number of rotatable bonds is 6. The summed E-state index contributed by atoms with van der Waals surface area (Å²) in [6, 6.07) is 5.44. The SMILES string of the molecule is CC(Oc1nc(N2CCC(N(C)C(=O)[C@H]3CCCCN3)CC2)ncc1Cl)c1ccc(Cl)cc1Cl. The Morgan fingerprint density at radius 2 is 1.94 bits per heavy atom. The van der Waals surface area contributed by atoms with Gasteiger partial charge in [-0.15, -0.1) is 0 Å². The molecule has 2 fully saturated rings. The molecule has 34 heavy (non-hydrogen) atoms. The van der Waals surface area contributed by atoms with Crippen LogP contribution in [0.1, 0.15) is 50.7 Å². The van der Waals surface area contributed by atoms with Crippen molar-refractivity contribution in [1.82, 2.24) is 20.2 Å². The van der Waals surface area contributed by atoms with Gasteiger partial charge in [-0.25, -0.2) is 4.98 Å². The molecule has 2 aliphatic heterocycles. The molecule has 2 atom stereocenters. The minimum absolute atomic E-state index is 0.0489. The third-order valence-corrected chi connectivity index (χ3v) is 7.46. The highest BCUT2D eigenvalue weighted by atomic mass is 35.5. The van der Waals surface area contributed by atoms with E-state index in [0.717, 1.165) is 57.3 Å². The summed E-state index contributed by atoms with van der Waals surface area (Å²) in [5.41, 5.74) is 0.795. The Labute approximate surface area is 215 Å². The molecule has 2 saturated heterocycles. The highest BCUT2D eigenvalue weighted by Crippen LogP contribution is 2.32. The van der Waals surface area contributed by atoms with Crippen molar-refractivity contribution in [2.24, 2.45) is 0 Å². The van der Waals surface area contributed by atoms with Crippen molar-refractivity contribution >= 4 is 46.7 Å². The number of piperidine rings is 2. The number of halogens is 3. The molecule has 1 unspecified atom stereocenters. The molecule has 1 aromatic carbocycles. The van der Waals surface area contributed by atoms with Gasteiger partial charge in [0.1, 0.15) is 11.1 Å². The molecule has 0 saturated carbocycles. The summed E-state index contributed by atoms with van der Waals surface area (Å²) in [6.45, 7) is 4.30. The first kappa shape index (κ1) is 25.3. The maximum absolute atomic E-state index is 12.9. The van der Waals surface area contributed by atoms with Crippen LogP contribution in [0.3, 0.4) is 0 Å². The van der Waals surface area contributed by atoms with Crippen LogP contribution in [0.4, 0.5) is 5.95 Å². The van der Waals surface area contributed by atoms with E-state index >= 15 is 0 Å². The molecule has 1 aromatic heterocycles. The number of amides is 1. The second-order valence-electron chi connectivity index (χ2n) is 8.92. The van der Waals surface area contributed by atoms with Crippen LogP contribution in [-0.4, -0.2) is 59.5 Å². The maximum atomic E-state index is 12.9. The number of hydrogen-bond acceptors (Lipinski definition) is 6. The lowest BCUT2D eigenvalue weighted by Gasteiger charge is -2.38. The van der Waals surface area contributed by atoms with E-state index in [9.17, 15) is 4.79 Å². The minimum Gasteiger partial charge on any atom is -0.469 e. The Kier molecular flexibility index (Phi) is 8.40. The lowest BCUT2D eigenvalue weighted by molar-refractivity contribution is -0.135. The number of likely N-dealkylation sites (N-methyl/N-ethyl adjacent to an activating group) is 1. The molecule has 1 N–H and O–H groups in total. The number of carbonyl (C=O) groups excluding carboxylic acids is 1. The lowest BCUT2D eigenvalue weighted by Crippen LogP contribution is -2.53. The normalized spacial score (nSPS) is 20.1. The first-order valence-electron chi connectivity index (χ1n) is 11.7. The Bertz CT molecular complexity index is 1010. The zero-order valence-corrected chi connectivity index (χ0v) is 21.7. The van der Waals surface area contributed by atoms with Crippen LogP contribution in [0, 0.1) is 0 Å². The summed E-state index contributed by atoms with van der Waals surface area (Å²) in [4.78, 5) is 25.9. The third-order valence-electron chi connectivity index (χ3n) is 6.64. The van der Waals surface area contributed by atoms with Crippen LogP contribution >= 0.6 is 34.8 Å². The van der Waals surface area contributed by atoms with E-state index in [1.165, 1.54) is 0 Å². The average molecular weight is 527 g/mol. The molecule has 7 nitrogen and oxygen atoms in total. The number of aromatic nitrogens is 2. The molecule has 3 heterocycles. The van der Waals surface area contributed by atoms with Crippen molar-refractivity contribution < 1.29 is 9.53 Å². The smallest absolute Gasteiger partial charge is 0.239 e. The van der Waals surface area contributed by atoms with Gasteiger partial charge in [-0.05, 0) is 51.3 Å². The molecule has 0 bridgehead atoms. The Morgan fingerprint density at radius 3 is 2.62 bits per heavy atom. The van der Waals surface area contributed by atoms with Gasteiger partial charge in [0.15, 0.2) is 0 Å². The van der Waals surface area contributed by atoms with Crippen LogP contribution < -0.4 is 15.0 Å². The number of anilines is 1. The zero-order valence-electron chi connectivity index (χ0n) is 19.4. The van der Waals surface area contributed by atoms with Crippen LogP contribution in [0.5, 0.6) is 5.88 Å². The molecule has 0 radical (unpaired) electrons. The first-order chi connectivity index (χ1) is 16.3. The van der Waals surface area contributed by atoms with Gasteiger partial charge in [0.2, 0.25) is 17.7 Å². The van der Waals surface area contributed by atoms with E-state index in [1.54, 1.807) is 18.3 Å². The van der Waals surface area contributed by atoms with Crippen molar-refractivity contribution in [2.75, 3.05) is 31.6 Å². The summed E-state index contributed by atoms with van der Waals surface area (Å²) in [6.07, 6.45) is 6.07. The number of carbonyl (C=O) groups is 1. The van der Waals surface area contributed by atoms with Crippen molar-refractivity contribution in [1.29, 1.82) is 0 Å². The Hall–Kier alpha value is -1.80. The largest absolute Gasteiger partial charge is 0.469 e. The fraction of sp³-hybridized carbons (Fsp3) is 0.542. The Morgan fingerprint density at radius 1 is 1.18 bits per heavy atom. The van der Waals surface area contributed by atoms with E-state index in [1.807, 2.05) is 24.9 Å². The monoisotopic (exact) mass is 525 g/mol. The number of ether oxygens (including phenoxy) is 1. The van der Waals surface area contributed by atoms with Gasteiger partial charge in [-0.3, -0.25) is 4.79 Å². The predicted octanol–water partition coefficient (Wildman–Crippen LogP) is 5.15. The van der Waals surface area contributed by atoms with Crippen LogP contribution in [-0.2, 0) is 4.79 Å². The molecule has 2 aromatic rings. The number of benzene rings is 1. The molecule has 0 spiro atoms. The fourth-order valence-electron chi connectivity index (χ4n) is 4.58. The van der Waals surface area contributed by atoms with Gasteiger partial charge < -0.3 is 19.9 Å². The van der Waals surface area contributed by atoms with Gasteiger partial charge in [-0.2, -0.15) is 4.98 Å². The van der Waals surface area contributed by atoms with Gasteiger partial charge in [0.25, 0.3) is 0 Å². The highest BCUT2D eigenvalue weighted by Gasteiger charge is 2.31. The Balaban J connectivity index is 1.38. The standard InChI is InChI=1S/C24H30Cl3N5O2/c1-15(18-7-6-16(25)13-19(18)26)34-22-20(27)14-29-24(30-22)32-11-8-17(9-12-32)31(2)23(33)21-5-3-4-10-28-21/h6-7,13-15,17,21,28H,3-5,8-12H2,1-2H3/t15?,21-/m1/s1. The molecule has 184 valence electrons. The van der Waals surface area contributed by atoms with Gasteiger partial charge in [0.05, 0.1) is 12.2 Å². The summed E-state index contributed by atoms with van der Waals surface area (Å²) in [5.74, 6) is 1.07. The summed E-state index contributed by atoms with van der Waals surface area (Å²) < 4.78 is 6.04. The molecular weight excluding hydrogens is 497 g/mol. The number of nitrogens with zero attached hydrogens (tertiary/aromatic N) is 4. The molecule has 2 aliphatic rings. The second kappa shape index (κ2) is 11.3. The second-order valence-corrected chi connectivity index (χ2v) is 10.2. The van der Waals surface area contributed by atoms with E-state index in [2.05, 4.69) is 20.2 Å². The topological polar surface area (TPSA) is 70.6 Å². The molecular formula is C24H30Cl3N5O2. The minimum atomic E-state index is -0.371. The lowest BCUT2D eigenvalue weighted by atomic mass is 10.00.